The van der Waals surface area contributed by atoms with Crippen LogP contribution in [0.4, 0.5) is 4.79 Å². The van der Waals surface area contributed by atoms with Gasteiger partial charge in [-0.2, -0.15) is 0 Å². The van der Waals surface area contributed by atoms with Gasteiger partial charge in [-0.1, -0.05) is 35.5 Å². The van der Waals surface area contributed by atoms with E-state index in [2.05, 4.69) is 25.8 Å². The lowest BCUT2D eigenvalue weighted by Gasteiger charge is -2.29. The minimum absolute atomic E-state index is 0.204. The van der Waals surface area contributed by atoms with Gasteiger partial charge in [0.2, 0.25) is 5.16 Å². The van der Waals surface area contributed by atoms with Gasteiger partial charge in [-0.3, -0.25) is 5.10 Å². The van der Waals surface area contributed by atoms with Crippen molar-refractivity contribution < 1.29 is 18.7 Å². The van der Waals surface area contributed by atoms with Crippen molar-refractivity contribution in [3.8, 4) is 0 Å². The van der Waals surface area contributed by atoms with E-state index in [0.717, 1.165) is 5.76 Å². The highest BCUT2D eigenvalue weighted by Crippen LogP contribution is 2.30. The molecule has 1 aromatic carbocycles. The second kappa shape index (κ2) is 10.6. The Morgan fingerprint density at radius 3 is 2.74 bits per heavy atom. The summed E-state index contributed by atoms with van der Waals surface area (Å²) in [4.78, 5) is 29.6. The minimum Gasteiger partial charge on any atom is -0.463 e. The van der Waals surface area contributed by atoms with E-state index in [0.29, 0.717) is 38.6 Å². The Kier molecular flexibility index (Phi) is 7.39. The summed E-state index contributed by atoms with van der Waals surface area (Å²) >= 11 is 7.28. The number of amides is 2. The molecule has 1 atom stereocenters. The van der Waals surface area contributed by atoms with Gasteiger partial charge in [0.25, 0.3) is 0 Å². The number of aromatic nitrogens is 3. The largest absolute Gasteiger partial charge is 0.463 e. The first kappa shape index (κ1) is 23.7. The number of furan rings is 1. The average molecular weight is 500 g/mol. The summed E-state index contributed by atoms with van der Waals surface area (Å²) in [5, 5.41) is 13.6. The molecule has 3 aromatic rings. The lowest BCUT2D eigenvalue weighted by atomic mass is 9.95. The van der Waals surface area contributed by atoms with Crippen LogP contribution in [0, 0.1) is 6.92 Å². The Hall–Kier alpha value is -3.50. The molecule has 11 heteroatoms. The van der Waals surface area contributed by atoms with Crippen molar-refractivity contribution in [3.63, 3.8) is 0 Å². The monoisotopic (exact) mass is 499 g/mol. The van der Waals surface area contributed by atoms with Gasteiger partial charge in [0.1, 0.15) is 17.3 Å². The van der Waals surface area contributed by atoms with Crippen LogP contribution in [0.25, 0.3) is 12.2 Å². The van der Waals surface area contributed by atoms with E-state index < -0.39 is 18.0 Å². The lowest BCUT2D eigenvalue weighted by Crippen LogP contribution is -2.46. The highest BCUT2D eigenvalue weighted by atomic mass is 35.5. The number of aryl methyl sites for hydroxylation is 1. The molecule has 176 valence electrons. The van der Waals surface area contributed by atoms with Crippen LogP contribution in [0.3, 0.4) is 0 Å². The average Bonchev–Trinajstić information content (AvgIpc) is 3.45. The minimum atomic E-state index is -0.678. The molecular formula is C23H22ClN5O4S. The number of benzene rings is 1. The molecule has 0 saturated carbocycles. The number of rotatable bonds is 8. The van der Waals surface area contributed by atoms with Crippen LogP contribution in [0.1, 0.15) is 35.9 Å². The zero-order valence-corrected chi connectivity index (χ0v) is 20.0. The molecule has 4 rings (SSSR count). The number of nitrogens with one attached hydrogen (secondary N) is 3. The highest BCUT2D eigenvalue weighted by Gasteiger charge is 2.33. The Labute approximate surface area is 205 Å². The molecule has 0 bridgehead atoms. The molecule has 9 nitrogen and oxygen atoms in total. The number of carbonyl (C=O) groups excluding carboxylic acids is 2. The van der Waals surface area contributed by atoms with Crippen molar-refractivity contribution in [2.24, 2.45) is 0 Å². The topological polar surface area (TPSA) is 122 Å². The summed E-state index contributed by atoms with van der Waals surface area (Å²) in [5.41, 5.74) is 1.46. The zero-order chi connectivity index (χ0) is 24.1. The number of aromatic amines is 1. The molecule has 1 aliphatic heterocycles. The number of thioether (sulfide) groups is 1. The van der Waals surface area contributed by atoms with Crippen molar-refractivity contribution in [2.75, 3.05) is 12.4 Å². The standard InChI is InChI=1S/C23H22ClN5O4S/c1-3-32-21(30)19-17(25-22(31)27-20(19)14-5-7-15(24)8-6-14)12-34-23-26-18(28-29-23)11-10-16-9-4-13(2)33-16/h4-11,20H,3,12H2,1-2H3,(H2,25,27,31)(H,26,28,29)/b11-10+. The highest BCUT2D eigenvalue weighted by molar-refractivity contribution is 7.99. The van der Waals surface area contributed by atoms with Gasteiger partial charge in [0.15, 0.2) is 0 Å². The van der Waals surface area contributed by atoms with Crippen LogP contribution in [0.15, 0.2) is 57.2 Å². The van der Waals surface area contributed by atoms with E-state index in [9.17, 15) is 9.59 Å². The third-order valence-corrected chi connectivity index (χ3v) is 5.97. The fraction of sp³-hybridized carbons (Fsp3) is 0.217. The summed E-state index contributed by atoms with van der Waals surface area (Å²) < 4.78 is 10.8. The molecule has 0 saturated heterocycles. The molecule has 34 heavy (non-hydrogen) atoms. The summed E-state index contributed by atoms with van der Waals surface area (Å²) in [6.07, 6.45) is 3.54. The van der Waals surface area contributed by atoms with Gasteiger partial charge in [0, 0.05) is 16.5 Å². The maximum Gasteiger partial charge on any atom is 0.338 e. The Morgan fingerprint density at radius 2 is 2.03 bits per heavy atom. The van der Waals surface area contributed by atoms with Crippen LogP contribution >= 0.6 is 23.4 Å². The lowest BCUT2D eigenvalue weighted by molar-refractivity contribution is -0.139. The van der Waals surface area contributed by atoms with Gasteiger partial charge in [-0.25, -0.2) is 14.6 Å². The summed E-state index contributed by atoms with van der Waals surface area (Å²) in [5.74, 6) is 1.81. The number of nitrogens with zero attached hydrogens (tertiary/aromatic N) is 2. The van der Waals surface area contributed by atoms with Crippen LogP contribution in [0.2, 0.25) is 5.02 Å². The quantitative estimate of drug-likeness (QED) is 0.308. The molecule has 0 fully saturated rings. The zero-order valence-electron chi connectivity index (χ0n) is 18.4. The smallest absolute Gasteiger partial charge is 0.338 e. The molecule has 1 aliphatic rings. The fourth-order valence-corrected chi connectivity index (χ4v) is 4.23. The van der Waals surface area contributed by atoms with E-state index in [1.54, 1.807) is 43.3 Å². The first-order valence-electron chi connectivity index (χ1n) is 10.5. The number of H-pyrrole nitrogens is 1. The second-order valence-electron chi connectivity index (χ2n) is 7.27. The summed E-state index contributed by atoms with van der Waals surface area (Å²) in [7, 11) is 0. The summed E-state index contributed by atoms with van der Waals surface area (Å²) in [6, 6.07) is 9.57. The van der Waals surface area contributed by atoms with Crippen molar-refractivity contribution in [3.05, 3.63) is 75.6 Å². The molecule has 2 amide bonds. The maximum atomic E-state index is 12.8. The van der Waals surface area contributed by atoms with E-state index in [1.807, 2.05) is 19.1 Å². The summed E-state index contributed by atoms with van der Waals surface area (Å²) in [6.45, 7) is 3.80. The van der Waals surface area contributed by atoms with Gasteiger partial charge in [-0.15, -0.1) is 5.10 Å². The molecular weight excluding hydrogens is 478 g/mol. The van der Waals surface area contributed by atoms with Crippen LogP contribution in [-0.2, 0) is 9.53 Å². The van der Waals surface area contributed by atoms with Crippen LogP contribution in [-0.4, -0.2) is 39.5 Å². The van der Waals surface area contributed by atoms with Crippen molar-refractivity contribution in [2.45, 2.75) is 25.0 Å². The predicted octanol–water partition coefficient (Wildman–Crippen LogP) is 4.49. The first-order chi connectivity index (χ1) is 16.4. The molecule has 0 spiro atoms. The fourth-order valence-electron chi connectivity index (χ4n) is 3.32. The Balaban J connectivity index is 1.55. The maximum absolute atomic E-state index is 12.8. The van der Waals surface area contributed by atoms with Crippen LogP contribution < -0.4 is 10.6 Å². The van der Waals surface area contributed by atoms with Gasteiger partial charge in [-0.05, 0) is 55.8 Å². The van der Waals surface area contributed by atoms with E-state index >= 15 is 0 Å². The molecule has 2 aromatic heterocycles. The number of ether oxygens (including phenoxy) is 1. The Morgan fingerprint density at radius 1 is 1.24 bits per heavy atom. The molecule has 3 heterocycles. The Bertz CT molecular complexity index is 1250. The van der Waals surface area contributed by atoms with Crippen LogP contribution in [0.5, 0.6) is 0 Å². The SMILES string of the molecule is CCOC(=O)C1=C(CSc2n[nH]c(/C=C/c3ccc(C)o3)n2)NC(=O)NC1c1ccc(Cl)cc1. The number of esters is 1. The van der Waals surface area contributed by atoms with Gasteiger partial charge >= 0.3 is 12.0 Å². The predicted molar refractivity (Wildman–Crippen MR) is 129 cm³/mol. The molecule has 0 aliphatic carbocycles. The van der Waals surface area contributed by atoms with Gasteiger partial charge in [0.05, 0.1) is 18.2 Å². The van der Waals surface area contributed by atoms with Crippen molar-refractivity contribution >= 4 is 47.5 Å². The van der Waals surface area contributed by atoms with E-state index in [-0.39, 0.29) is 12.4 Å². The van der Waals surface area contributed by atoms with E-state index in [4.69, 9.17) is 20.8 Å². The number of hydrogen-bond donors (Lipinski definition) is 3. The number of urea groups is 1. The first-order valence-corrected chi connectivity index (χ1v) is 11.8. The van der Waals surface area contributed by atoms with Crippen molar-refractivity contribution in [1.29, 1.82) is 0 Å². The molecule has 1 unspecified atom stereocenters. The number of hydrogen-bond acceptors (Lipinski definition) is 7. The van der Waals surface area contributed by atoms with Crippen molar-refractivity contribution in [1.82, 2.24) is 25.8 Å². The number of halogens is 1. The third-order valence-electron chi connectivity index (χ3n) is 4.85. The molecule has 3 N–H and O–H groups in total. The van der Waals surface area contributed by atoms with Gasteiger partial charge < -0.3 is 19.8 Å². The van der Waals surface area contributed by atoms with E-state index in [1.165, 1.54) is 11.8 Å². The second-order valence-corrected chi connectivity index (χ2v) is 8.65. The normalized spacial score (nSPS) is 16.0. The number of carbonyl (C=O) groups is 2. The molecule has 0 radical (unpaired) electrons. The third kappa shape index (κ3) is 5.70.